The minimum atomic E-state index is -0.917. The summed E-state index contributed by atoms with van der Waals surface area (Å²) in [6, 6.07) is 5.57. The number of carbonyl (C=O) groups is 2. The van der Waals surface area contributed by atoms with Crippen LogP contribution < -0.4 is 9.47 Å². The van der Waals surface area contributed by atoms with E-state index in [4.69, 9.17) is 26.8 Å². The predicted molar refractivity (Wildman–Crippen MR) is 117 cm³/mol. The van der Waals surface area contributed by atoms with E-state index in [0.717, 1.165) is 31.2 Å². The molecule has 8 heteroatoms. The number of thiocarbonyl (C=S) groups is 1. The van der Waals surface area contributed by atoms with Crippen LogP contribution in [0.25, 0.3) is 6.08 Å². The quantitative estimate of drug-likeness (QED) is 0.477. The van der Waals surface area contributed by atoms with Crippen molar-refractivity contribution in [2.24, 2.45) is 0 Å². The first-order valence-electron chi connectivity index (χ1n) is 9.88. The number of amides is 1. The van der Waals surface area contributed by atoms with Gasteiger partial charge in [-0.05, 0) is 43.5 Å². The molecule has 2 fully saturated rings. The number of carboxylic acid groups (broad SMARTS) is 1. The number of nitrogens with zero attached hydrogens (tertiary/aromatic N) is 1. The van der Waals surface area contributed by atoms with Crippen LogP contribution in [0.2, 0.25) is 0 Å². The highest BCUT2D eigenvalue weighted by molar-refractivity contribution is 8.26. The van der Waals surface area contributed by atoms with E-state index < -0.39 is 5.97 Å². The number of hydrogen-bond acceptors (Lipinski definition) is 6. The minimum absolute atomic E-state index is 0.0216. The summed E-state index contributed by atoms with van der Waals surface area (Å²) in [6.45, 7) is 2.38. The van der Waals surface area contributed by atoms with E-state index in [1.54, 1.807) is 17.0 Å². The van der Waals surface area contributed by atoms with Gasteiger partial charge in [0.05, 0.1) is 24.5 Å². The smallest absolute Gasteiger partial charge is 0.306 e. The molecule has 6 nitrogen and oxygen atoms in total. The first kappa shape index (κ1) is 21.6. The van der Waals surface area contributed by atoms with Gasteiger partial charge in [-0.15, -0.1) is 0 Å². The second-order valence-corrected chi connectivity index (χ2v) is 8.65. The third-order valence-electron chi connectivity index (χ3n) is 4.90. The number of carboxylic acids is 1. The highest BCUT2D eigenvalue weighted by Crippen LogP contribution is 2.38. The lowest BCUT2D eigenvalue weighted by atomic mass is 9.94. The lowest BCUT2D eigenvalue weighted by Crippen LogP contribution is -2.39. The van der Waals surface area contributed by atoms with Gasteiger partial charge in [-0.2, -0.15) is 0 Å². The van der Waals surface area contributed by atoms with Crippen molar-refractivity contribution in [1.29, 1.82) is 0 Å². The van der Waals surface area contributed by atoms with Crippen LogP contribution in [0.5, 0.6) is 11.5 Å². The van der Waals surface area contributed by atoms with Gasteiger partial charge in [-0.1, -0.05) is 49.3 Å². The fourth-order valence-corrected chi connectivity index (χ4v) is 4.94. The molecule has 0 bridgehead atoms. The van der Waals surface area contributed by atoms with E-state index >= 15 is 0 Å². The molecular formula is C21H25NO5S2. The molecule has 1 aromatic rings. The van der Waals surface area contributed by atoms with Crippen molar-refractivity contribution in [3.8, 4) is 11.5 Å². The average molecular weight is 436 g/mol. The number of hydrogen-bond donors (Lipinski definition) is 1. The van der Waals surface area contributed by atoms with E-state index in [9.17, 15) is 9.59 Å². The Kier molecular flexibility index (Phi) is 7.55. The Morgan fingerprint density at radius 3 is 2.72 bits per heavy atom. The van der Waals surface area contributed by atoms with Gasteiger partial charge >= 0.3 is 5.97 Å². The SMILES string of the molecule is CCOc1cc(/C=C2/SC(=S)N(C3CCCCC3)C2=O)ccc1OCCC(=O)O. The number of ether oxygens (including phenoxy) is 2. The summed E-state index contributed by atoms with van der Waals surface area (Å²) in [5.41, 5.74) is 0.808. The van der Waals surface area contributed by atoms with Gasteiger partial charge in [0.15, 0.2) is 11.5 Å². The zero-order valence-corrected chi connectivity index (χ0v) is 18.0. The summed E-state index contributed by atoms with van der Waals surface area (Å²) in [4.78, 5) is 26.0. The molecule has 156 valence electrons. The molecule has 1 saturated carbocycles. The topological polar surface area (TPSA) is 76.1 Å². The van der Waals surface area contributed by atoms with Crippen molar-refractivity contribution in [3.05, 3.63) is 28.7 Å². The Bertz CT molecular complexity index is 817. The molecule has 0 aromatic heterocycles. The van der Waals surface area contributed by atoms with Gasteiger partial charge in [0.2, 0.25) is 0 Å². The Labute approximate surface area is 180 Å². The maximum atomic E-state index is 12.9. The summed E-state index contributed by atoms with van der Waals surface area (Å²) in [7, 11) is 0. The molecule has 0 spiro atoms. The maximum absolute atomic E-state index is 12.9. The number of aliphatic carboxylic acids is 1. The number of thioether (sulfide) groups is 1. The van der Waals surface area contributed by atoms with E-state index in [1.165, 1.54) is 18.2 Å². The molecule has 1 aromatic carbocycles. The van der Waals surface area contributed by atoms with Crippen LogP contribution in [0.1, 0.15) is 51.0 Å². The summed E-state index contributed by atoms with van der Waals surface area (Å²) in [6.07, 6.45) is 7.27. The molecule has 1 amide bonds. The Morgan fingerprint density at radius 2 is 2.03 bits per heavy atom. The molecule has 29 heavy (non-hydrogen) atoms. The van der Waals surface area contributed by atoms with Gasteiger partial charge in [-0.3, -0.25) is 14.5 Å². The third kappa shape index (κ3) is 5.51. The molecule has 0 atom stereocenters. The highest BCUT2D eigenvalue weighted by Gasteiger charge is 2.37. The first-order chi connectivity index (χ1) is 14.0. The summed E-state index contributed by atoms with van der Waals surface area (Å²) in [5, 5.41) is 8.76. The zero-order chi connectivity index (χ0) is 20.8. The molecule has 1 heterocycles. The van der Waals surface area contributed by atoms with Crippen molar-refractivity contribution in [1.82, 2.24) is 4.90 Å². The van der Waals surface area contributed by atoms with Crippen LogP contribution >= 0.6 is 24.0 Å². The highest BCUT2D eigenvalue weighted by atomic mass is 32.2. The molecule has 1 aliphatic heterocycles. The Balaban J connectivity index is 1.76. The van der Waals surface area contributed by atoms with Crippen molar-refractivity contribution >= 4 is 46.3 Å². The second kappa shape index (κ2) is 10.1. The van der Waals surface area contributed by atoms with Crippen molar-refractivity contribution in [2.45, 2.75) is 51.5 Å². The van der Waals surface area contributed by atoms with Crippen LogP contribution in [0, 0.1) is 0 Å². The van der Waals surface area contributed by atoms with E-state index in [2.05, 4.69) is 0 Å². The van der Waals surface area contributed by atoms with E-state index in [-0.39, 0.29) is 25.0 Å². The maximum Gasteiger partial charge on any atom is 0.306 e. The lowest BCUT2D eigenvalue weighted by molar-refractivity contribution is -0.137. The fraction of sp³-hybridized carbons (Fsp3) is 0.476. The summed E-state index contributed by atoms with van der Waals surface area (Å²) < 4.78 is 11.8. The zero-order valence-electron chi connectivity index (χ0n) is 16.4. The molecule has 3 rings (SSSR count). The third-order valence-corrected chi connectivity index (χ3v) is 6.23. The van der Waals surface area contributed by atoms with Crippen molar-refractivity contribution < 1.29 is 24.2 Å². The van der Waals surface area contributed by atoms with Crippen LogP contribution in [0.15, 0.2) is 23.1 Å². The minimum Gasteiger partial charge on any atom is -0.490 e. The second-order valence-electron chi connectivity index (χ2n) is 6.97. The Hall–Kier alpha value is -2.06. The number of carbonyl (C=O) groups excluding carboxylic acids is 1. The van der Waals surface area contributed by atoms with Crippen LogP contribution in [0.4, 0.5) is 0 Å². The van der Waals surface area contributed by atoms with E-state index in [1.807, 2.05) is 19.1 Å². The molecule has 1 saturated heterocycles. The monoisotopic (exact) mass is 435 g/mol. The molecular weight excluding hydrogens is 410 g/mol. The Morgan fingerprint density at radius 1 is 1.28 bits per heavy atom. The molecule has 1 aliphatic carbocycles. The van der Waals surface area contributed by atoms with Gasteiger partial charge in [-0.25, -0.2) is 0 Å². The molecule has 0 unspecified atom stereocenters. The summed E-state index contributed by atoms with van der Waals surface area (Å²) in [5.74, 6) is 0.0700. The molecule has 2 aliphatic rings. The van der Waals surface area contributed by atoms with Crippen LogP contribution in [0.3, 0.4) is 0 Å². The molecule has 0 radical (unpaired) electrons. The van der Waals surface area contributed by atoms with Crippen LogP contribution in [-0.4, -0.2) is 45.5 Å². The first-order valence-corrected chi connectivity index (χ1v) is 11.1. The average Bonchev–Trinajstić information content (AvgIpc) is 2.97. The molecule has 1 N–H and O–H groups in total. The van der Waals surface area contributed by atoms with Gasteiger partial charge in [0.1, 0.15) is 4.32 Å². The summed E-state index contributed by atoms with van der Waals surface area (Å²) >= 11 is 6.83. The van der Waals surface area contributed by atoms with Crippen LogP contribution in [-0.2, 0) is 9.59 Å². The lowest BCUT2D eigenvalue weighted by Gasteiger charge is -2.29. The predicted octanol–water partition coefficient (Wildman–Crippen LogP) is 4.47. The van der Waals surface area contributed by atoms with Crippen molar-refractivity contribution in [2.75, 3.05) is 13.2 Å². The normalized spacial score (nSPS) is 19.1. The fourth-order valence-electron chi connectivity index (χ4n) is 3.54. The number of benzene rings is 1. The standard InChI is InChI=1S/C21H25NO5S2/c1-2-26-17-12-14(8-9-16(17)27-11-10-19(23)24)13-18-20(25)22(21(28)29-18)15-6-4-3-5-7-15/h8-9,12-13,15H,2-7,10-11H2,1H3,(H,23,24)/b18-13+. The largest absolute Gasteiger partial charge is 0.490 e. The van der Waals surface area contributed by atoms with E-state index in [0.29, 0.717) is 27.3 Å². The van der Waals surface area contributed by atoms with Gasteiger partial charge < -0.3 is 14.6 Å². The van der Waals surface area contributed by atoms with Gasteiger partial charge in [0, 0.05) is 6.04 Å². The van der Waals surface area contributed by atoms with Crippen molar-refractivity contribution in [3.63, 3.8) is 0 Å². The number of rotatable bonds is 8. The van der Waals surface area contributed by atoms with Gasteiger partial charge in [0.25, 0.3) is 5.91 Å².